The van der Waals surface area contributed by atoms with Gasteiger partial charge in [0.05, 0.1) is 0 Å². The van der Waals surface area contributed by atoms with Crippen LogP contribution in [0.25, 0.3) is 0 Å². The van der Waals surface area contributed by atoms with Gasteiger partial charge in [-0.15, -0.1) is 0 Å². The normalized spacial score (nSPS) is 12.8. The van der Waals surface area contributed by atoms with Crippen molar-refractivity contribution in [3.05, 3.63) is 83.5 Å². The second-order valence-electron chi connectivity index (χ2n) is 10.6. The van der Waals surface area contributed by atoms with Crippen molar-refractivity contribution in [3.8, 4) is 0 Å². The molecule has 3 heterocycles. The van der Waals surface area contributed by atoms with E-state index < -0.39 is 0 Å². The fraction of sp³-hybridized carbons (Fsp3) is 0.462. The molecule has 0 spiro atoms. The number of pyridine rings is 2. The van der Waals surface area contributed by atoms with Crippen molar-refractivity contribution in [3.63, 3.8) is 0 Å². The summed E-state index contributed by atoms with van der Waals surface area (Å²) in [5.74, 6) is 0. The first kappa shape index (κ1) is 22.1. The number of rotatable bonds is 6. The van der Waals surface area contributed by atoms with Gasteiger partial charge in [-0.05, 0) is 52.5 Å². The van der Waals surface area contributed by atoms with Gasteiger partial charge in [-0.1, -0.05) is 60.6 Å². The summed E-state index contributed by atoms with van der Waals surface area (Å²) < 4.78 is 0. The smallest absolute Gasteiger partial charge is 0.115 e. The van der Waals surface area contributed by atoms with Gasteiger partial charge in [0.1, 0.15) is 6.33 Å². The largest absolute Gasteiger partial charge is 0.261 e. The van der Waals surface area contributed by atoms with Gasteiger partial charge < -0.3 is 0 Å². The Hall–Kier alpha value is -2.62. The highest BCUT2D eigenvalue weighted by atomic mass is 14.8. The monoisotopic (exact) mass is 402 g/mol. The van der Waals surface area contributed by atoms with Gasteiger partial charge in [0.2, 0.25) is 0 Å². The molecule has 3 rings (SSSR count). The average molecular weight is 403 g/mol. The van der Waals surface area contributed by atoms with Crippen molar-refractivity contribution in [2.75, 3.05) is 0 Å². The van der Waals surface area contributed by atoms with E-state index in [1.165, 1.54) is 11.1 Å². The Morgan fingerprint density at radius 1 is 0.633 bits per heavy atom. The van der Waals surface area contributed by atoms with Gasteiger partial charge in [0.25, 0.3) is 0 Å². The third-order valence-corrected chi connectivity index (χ3v) is 5.81. The Morgan fingerprint density at radius 2 is 1.30 bits per heavy atom. The van der Waals surface area contributed by atoms with Crippen LogP contribution in [-0.2, 0) is 29.1 Å². The van der Waals surface area contributed by atoms with Crippen molar-refractivity contribution >= 4 is 0 Å². The Labute approximate surface area is 181 Å². The molecule has 0 radical (unpaired) electrons. The summed E-state index contributed by atoms with van der Waals surface area (Å²) in [4.78, 5) is 17.8. The second-order valence-corrected chi connectivity index (χ2v) is 10.6. The molecule has 0 aliphatic carbocycles. The molecule has 0 aliphatic heterocycles. The summed E-state index contributed by atoms with van der Waals surface area (Å²) in [6.07, 6.45) is 11.2. The van der Waals surface area contributed by atoms with Gasteiger partial charge in [-0.2, -0.15) is 0 Å². The molecule has 0 unspecified atom stereocenters. The fourth-order valence-corrected chi connectivity index (χ4v) is 3.72. The predicted molar refractivity (Wildman–Crippen MR) is 123 cm³/mol. The quantitative estimate of drug-likeness (QED) is 0.538. The molecular weight excluding hydrogens is 368 g/mol. The maximum absolute atomic E-state index is 4.79. The molecule has 4 heteroatoms. The zero-order chi connectivity index (χ0) is 22.0. The van der Waals surface area contributed by atoms with Crippen molar-refractivity contribution in [1.82, 2.24) is 19.9 Å². The molecule has 3 aromatic rings. The number of hydrogen-bond donors (Lipinski definition) is 0. The minimum Gasteiger partial charge on any atom is -0.261 e. The third-order valence-electron chi connectivity index (χ3n) is 5.81. The Bertz CT molecular complexity index is 951. The maximum Gasteiger partial charge on any atom is 0.115 e. The summed E-state index contributed by atoms with van der Waals surface area (Å²) in [6, 6.07) is 8.74. The molecule has 4 nitrogen and oxygen atoms in total. The maximum atomic E-state index is 4.79. The van der Waals surface area contributed by atoms with Crippen LogP contribution in [0.5, 0.6) is 0 Å². The standard InChI is InChI=1S/C26H34N4/c1-24(2,3)23-11-8-19(14-30-23)12-25(4,5)20-9-10-22(29-17-20)13-26(6,7)21-15-27-18-28-16-21/h8-11,14-18H,12-13H2,1-7H3. The van der Waals surface area contributed by atoms with Crippen LogP contribution >= 0.6 is 0 Å². The van der Waals surface area contributed by atoms with Gasteiger partial charge in [-0.3, -0.25) is 9.97 Å². The van der Waals surface area contributed by atoms with E-state index in [-0.39, 0.29) is 16.2 Å². The fourth-order valence-electron chi connectivity index (χ4n) is 3.72. The molecule has 0 N–H and O–H groups in total. The molecule has 0 saturated heterocycles. The summed E-state index contributed by atoms with van der Waals surface area (Å²) in [7, 11) is 0. The van der Waals surface area contributed by atoms with Gasteiger partial charge >= 0.3 is 0 Å². The molecule has 0 atom stereocenters. The van der Waals surface area contributed by atoms with Crippen molar-refractivity contribution in [2.24, 2.45) is 0 Å². The number of hydrogen-bond acceptors (Lipinski definition) is 4. The topological polar surface area (TPSA) is 51.6 Å². The zero-order valence-electron chi connectivity index (χ0n) is 19.4. The molecule has 0 fully saturated rings. The average Bonchev–Trinajstić information content (AvgIpc) is 2.68. The van der Waals surface area contributed by atoms with E-state index in [4.69, 9.17) is 4.98 Å². The molecule has 0 amide bonds. The molecule has 158 valence electrons. The van der Waals surface area contributed by atoms with Crippen LogP contribution in [0.4, 0.5) is 0 Å². The lowest BCUT2D eigenvalue weighted by molar-refractivity contribution is 0.504. The molecule has 0 bridgehead atoms. The minimum absolute atomic E-state index is 0.0146. The van der Waals surface area contributed by atoms with Crippen LogP contribution < -0.4 is 0 Å². The van der Waals surface area contributed by atoms with E-state index in [0.29, 0.717) is 0 Å². The van der Waals surface area contributed by atoms with Crippen molar-refractivity contribution < 1.29 is 0 Å². The van der Waals surface area contributed by atoms with E-state index in [0.717, 1.165) is 29.8 Å². The van der Waals surface area contributed by atoms with Crippen LogP contribution in [0.2, 0.25) is 0 Å². The number of nitrogens with zero attached hydrogens (tertiary/aromatic N) is 4. The van der Waals surface area contributed by atoms with E-state index in [1.807, 2.05) is 24.8 Å². The summed E-state index contributed by atoms with van der Waals surface area (Å²) in [6.45, 7) is 15.5. The lowest BCUT2D eigenvalue weighted by atomic mass is 9.79. The van der Waals surface area contributed by atoms with Gasteiger partial charge in [-0.25, -0.2) is 9.97 Å². The highest BCUT2D eigenvalue weighted by Crippen LogP contribution is 2.30. The third kappa shape index (κ3) is 5.29. The highest BCUT2D eigenvalue weighted by molar-refractivity contribution is 5.29. The highest BCUT2D eigenvalue weighted by Gasteiger charge is 2.25. The summed E-state index contributed by atoms with van der Waals surface area (Å²) in [5, 5.41) is 0. The zero-order valence-corrected chi connectivity index (χ0v) is 19.4. The van der Waals surface area contributed by atoms with E-state index in [1.54, 1.807) is 6.33 Å². The van der Waals surface area contributed by atoms with Gasteiger partial charge in [0, 0.05) is 41.6 Å². The lowest BCUT2D eigenvalue weighted by Crippen LogP contribution is -2.23. The van der Waals surface area contributed by atoms with Crippen LogP contribution in [-0.4, -0.2) is 19.9 Å². The Kier molecular flexibility index (Phi) is 6.07. The molecule has 0 saturated carbocycles. The first-order valence-electron chi connectivity index (χ1n) is 10.6. The molecule has 3 aromatic heterocycles. The van der Waals surface area contributed by atoms with Crippen LogP contribution in [0.3, 0.4) is 0 Å². The molecular formula is C26H34N4. The Morgan fingerprint density at radius 3 is 1.83 bits per heavy atom. The molecule has 30 heavy (non-hydrogen) atoms. The summed E-state index contributed by atoms with van der Waals surface area (Å²) in [5.41, 5.74) is 5.83. The lowest BCUT2D eigenvalue weighted by Gasteiger charge is -2.27. The first-order chi connectivity index (χ1) is 14.0. The van der Waals surface area contributed by atoms with E-state index in [9.17, 15) is 0 Å². The van der Waals surface area contributed by atoms with Crippen LogP contribution in [0, 0.1) is 0 Å². The van der Waals surface area contributed by atoms with Gasteiger partial charge in [0.15, 0.2) is 0 Å². The van der Waals surface area contributed by atoms with E-state index in [2.05, 4.69) is 87.7 Å². The summed E-state index contributed by atoms with van der Waals surface area (Å²) >= 11 is 0. The van der Waals surface area contributed by atoms with Crippen molar-refractivity contribution in [2.45, 2.75) is 77.6 Å². The van der Waals surface area contributed by atoms with Crippen LogP contribution in [0.1, 0.15) is 76.5 Å². The first-order valence-corrected chi connectivity index (χ1v) is 10.6. The predicted octanol–water partition coefficient (Wildman–Crippen LogP) is 5.60. The van der Waals surface area contributed by atoms with Crippen molar-refractivity contribution in [1.29, 1.82) is 0 Å². The number of aromatic nitrogens is 4. The SMILES string of the molecule is CC(C)(C)c1ccc(CC(C)(C)c2ccc(CC(C)(C)c3cncnc3)nc2)cn1. The minimum atomic E-state index is -0.0637. The molecule has 0 aliphatic rings. The molecule has 0 aromatic carbocycles. The second kappa shape index (κ2) is 8.25. The van der Waals surface area contributed by atoms with Crippen LogP contribution in [0.15, 0.2) is 55.4 Å². The Balaban J connectivity index is 1.71. The van der Waals surface area contributed by atoms with E-state index >= 15 is 0 Å².